The van der Waals surface area contributed by atoms with Gasteiger partial charge in [0.2, 0.25) is 0 Å². The van der Waals surface area contributed by atoms with Gasteiger partial charge in [0, 0.05) is 6.04 Å². The van der Waals surface area contributed by atoms with E-state index in [9.17, 15) is 0 Å². The summed E-state index contributed by atoms with van der Waals surface area (Å²) in [4.78, 5) is 2.53. The monoisotopic (exact) mass is 263 g/mol. The fourth-order valence-electron chi connectivity index (χ4n) is 3.57. The van der Waals surface area contributed by atoms with Crippen LogP contribution in [0.5, 0.6) is 0 Å². The second kappa shape index (κ2) is 5.08. The average Bonchev–Trinajstić information content (AvgIpc) is 3.11. The van der Waals surface area contributed by atoms with Crippen LogP contribution in [0.1, 0.15) is 24.5 Å². The van der Waals surface area contributed by atoms with Crippen molar-refractivity contribution in [3.05, 3.63) is 66.2 Å². The Labute approximate surface area is 120 Å². The lowest BCUT2D eigenvalue weighted by Crippen LogP contribution is -2.45. The summed E-state index contributed by atoms with van der Waals surface area (Å²) in [7, 11) is 0.119. The van der Waals surface area contributed by atoms with Crippen LogP contribution in [-0.4, -0.2) is 24.4 Å². The van der Waals surface area contributed by atoms with Crippen LogP contribution in [0.15, 0.2) is 60.7 Å². The molecular weight excluding hydrogens is 245 g/mol. The summed E-state index contributed by atoms with van der Waals surface area (Å²) in [6, 6.07) is 21.8. The van der Waals surface area contributed by atoms with Gasteiger partial charge in [-0.3, -0.25) is 0 Å². The minimum Gasteiger partial charge on any atom is -0.409 e. The Bertz CT molecular complexity index is 523. The highest BCUT2D eigenvalue weighted by Crippen LogP contribution is 2.39. The molecule has 4 rings (SSSR count). The molecule has 2 aliphatic rings. The Balaban J connectivity index is 1.68. The van der Waals surface area contributed by atoms with Crippen molar-refractivity contribution >= 4 is 12.5 Å². The first-order valence-corrected chi connectivity index (χ1v) is 7.44. The normalized spacial score (nSPS) is 25.9. The van der Waals surface area contributed by atoms with E-state index in [1.807, 2.05) is 0 Å². The summed E-state index contributed by atoms with van der Waals surface area (Å²) >= 11 is 0. The van der Waals surface area contributed by atoms with Gasteiger partial charge in [0.05, 0.1) is 6.10 Å². The van der Waals surface area contributed by atoms with Gasteiger partial charge < -0.3 is 9.47 Å². The Morgan fingerprint density at radius 2 is 1.65 bits per heavy atom. The van der Waals surface area contributed by atoms with Crippen LogP contribution < -0.4 is 5.46 Å². The predicted molar refractivity (Wildman–Crippen MR) is 81.8 cm³/mol. The lowest BCUT2D eigenvalue weighted by Gasteiger charge is -2.19. The van der Waals surface area contributed by atoms with Crippen LogP contribution in [0.3, 0.4) is 0 Å². The van der Waals surface area contributed by atoms with Crippen LogP contribution in [-0.2, 0) is 4.65 Å². The molecule has 2 aromatic rings. The summed E-state index contributed by atoms with van der Waals surface area (Å²) in [5.41, 5.74) is 2.58. The zero-order valence-electron chi connectivity index (χ0n) is 11.5. The van der Waals surface area contributed by atoms with Crippen molar-refractivity contribution in [2.75, 3.05) is 6.54 Å². The van der Waals surface area contributed by atoms with Crippen molar-refractivity contribution < 1.29 is 4.65 Å². The molecule has 100 valence electrons. The van der Waals surface area contributed by atoms with E-state index in [0.29, 0.717) is 6.04 Å². The molecular formula is C17H18BNO. The van der Waals surface area contributed by atoms with Gasteiger partial charge in [-0.25, -0.2) is 0 Å². The molecule has 0 amide bonds. The van der Waals surface area contributed by atoms with Crippen molar-refractivity contribution in [2.45, 2.75) is 25.0 Å². The zero-order valence-corrected chi connectivity index (χ0v) is 11.5. The topological polar surface area (TPSA) is 12.5 Å². The van der Waals surface area contributed by atoms with Gasteiger partial charge in [-0.15, -0.1) is 0 Å². The Morgan fingerprint density at radius 1 is 0.950 bits per heavy atom. The molecule has 2 saturated heterocycles. The van der Waals surface area contributed by atoms with Crippen molar-refractivity contribution in [1.82, 2.24) is 4.81 Å². The van der Waals surface area contributed by atoms with E-state index in [2.05, 4.69) is 65.5 Å². The van der Waals surface area contributed by atoms with E-state index < -0.39 is 0 Å². The smallest absolute Gasteiger partial charge is 0.409 e. The van der Waals surface area contributed by atoms with Crippen molar-refractivity contribution in [1.29, 1.82) is 0 Å². The summed E-state index contributed by atoms with van der Waals surface area (Å²) in [5.74, 6) is 0. The highest BCUT2D eigenvalue weighted by molar-refractivity contribution is 6.65. The van der Waals surface area contributed by atoms with Gasteiger partial charge in [0.25, 0.3) is 0 Å². The lowest BCUT2D eigenvalue weighted by molar-refractivity contribution is 0.207. The first-order valence-electron chi connectivity index (χ1n) is 7.44. The van der Waals surface area contributed by atoms with Gasteiger partial charge in [0.15, 0.2) is 0 Å². The quantitative estimate of drug-likeness (QED) is 0.772. The molecule has 2 heterocycles. The van der Waals surface area contributed by atoms with E-state index in [1.54, 1.807) is 0 Å². The van der Waals surface area contributed by atoms with Gasteiger partial charge in [-0.2, -0.15) is 0 Å². The summed E-state index contributed by atoms with van der Waals surface area (Å²) in [6.07, 6.45) is 2.73. The predicted octanol–water partition coefficient (Wildman–Crippen LogP) is 2.62. The molecule has 20 heavy (non-hydrogen) atoms. The number of hydrogen-bond acceptors (Lipinski definition) is 2. The third-order valence-corrected chi connectivity index (χ3v) is 4.48. The van der Waals surface area contributed by atoms with Crippen molar-refractivity contribution in [2.24, 2.45) is 0 Å². The maximum Gasteiger partial charge on any atom is 0.419 e. The Kier molecular flexibility index (Phi) is 3.09. The molecule has 2 nitrogen and oxygen atoms in total. The van der Waals surface area contributed by atoms with Crippen molar-refractivity contribution in [3.8, 4) is 0 Å². The number of fused-ring (bicyclic) bond motifs is 1. The van der Waals surface area contributed by atoms with Crippen LogP contribution in [0.2, 0.25) is 0 Å². The Hall–Kier alpha value is -1.58. The molecule has 0 bridgehead atoms. The highest BCUT2D eigenvalue weighted by Gasteiger charge is 2.48. The van der Waals surface area contributed by atoms with E-state index in [-0.39, 0.29) is 13.2 Å². The minimum atomic E-state index is 0.119. The largest absolute Gasteiger partial charge is 0.419 e. The standard InChI is InChI=1S/C17H18BNO/c1-3-8-14(9-4-1)17-16-12-7-13-19(16)18(20-17)15-10-5-2-6-11-15/h1-6,8-11,16-17H,7,12-13H2/t16?,17-/m1/s1. The number of hydrogen-bond donors (Lipinski definition) is 0. The average molecular weight is 263 g/mol. The van der Waals surface area contributed by atoms with Crippen LogP contribution >= 0.6 is 0 Å². The zero-order chi connectivity index (χ0) is 13.4. The fourth-order valence-corrected chi connectivity index (χ4v) is 3.57. The third-order valence-electron chi connectivity index (χ3n) is 4.48. The third kappa shape index (κ3) is 1.98. The Morgan fingerprint density at radius 3 is 2.40 bits per heavy atom. The molecule has 0 N–H and O–H groups in total. The van der Waals surface area contributed by atoms with E-state index in [4.69, 9.17) is 4.65 Å². The number of rotatable bonds is 2. The number of benzene rings is 2. The molecule has 2 fully saturated rings. The van der Waals surface area contributed by atoms with Gasteiger partial charge in [0.1, 0.15) is 0 Å². The maximum absolute atomic E-state index is 6.43. The van der Waals surface area contributed by atoms with Gasteiger partial charge in [-0.05, 0) is 30.4 Å². The molecule has 2 aromatic carbocycles. The fraction of sp³-hybridized carbons (Fsp3) is 0.294. The van der Waals surface area contributed by atoms with Crippen LogP contribution in [0, 0.1) is 0 Å². The summed E-state index contributed by atoms with van der Waals surface area (Å²) in [5, 5.41) is 0. The molecule has 0 spiro atoms. The molecule has 0 saturated carbocycles. The molecule has 2 aliphatic heterocycles. The molecule has 1 unspecified atom stereocenters. The first-order chi connectivity index (χ1) is 9.93. The molecule has 0 radical (unpaired) electrons. The number of nitrogens with zero attached hydrogens (tertiary/aromatic N) is 1. The molecule has 0 aliphatic carbocycles. The second-order valence-corrected chi connectivity index (χ2v) is 5.68. The van der Waals surface area contributed by atoms with E-state index in [1.165, 1.54) is 23.9 Å². The molecule has 2 atom stereocenters. The minimum absolute atomic E-state index is 0.119. The summed E-state index contributed by atoms with van der Waals surface area (Å²) < 4.78 is 6.43. The summed E-state index contributed by atoms with van der Waals surface area (Å²) in [6.45, 7) is 1.15. The second-order valence-electron chi connectivity index (χ2n) is 5.68. The first kappa shape index (κ1) is 12.2. The van der Waals surface area contributed by atoms with E-state index in [0.717, 1.165) is 6.54 Å². The SMILES string of the molecule is c1ccc(B2O[C@H](c3ccccc3)C3CCCN23)cc1. The maximum atomic E-state index is 6.43. The van der Waals surface area contributed by atoms with Gasteiger partial charge >= 0.3 is 7.05 Å². The highest BCUT2D eigenvalue weighted by atomic mass is 16.5. The van der Waals surface area contributed by atoms with Crippen LogP contribution in [0.4, 0.5) is 0 Å². The van der Waals surface area contributed by atoms with E-state index >= 15 is 0 Å². The molecule has 0 aromatic heterocycles. The van der Waals surface area contributed by atoms with Gasteiger partial charge in [-0.1, -0.05) is 60.7 Å². The van der Waals surface area contributed by atoms with Crippen LogP contribution in [0.25, 0.3) is 0 Å². The lowest BCUT2D eigenvalue weighted by atomic mass is 9.72. The van der Waals surface area contributed by atoms with Crippen molar-refractivity contribution in [3.63, 3.8) is 0 Å². The molecule has 3 heteroatoms.